The van der Waals surface area contributed by atoms with Crippen LogP contribution in [0.3, 0.4) is 0 Å². The summed E-state index contributed by atoms with van der Waals surface area (Å²) in [6.45, 7) is 4.92. The van der Waals surface area contributed by atoms with Gasteiger partial charge in [-0.05, 0) is 31.9 Å². The average molecular weight is 343 g/mol. The SMILES string of the molecule is Cc1nc([C@@H]2CCCN(C(=O)[C@@H]3Oc4ccccc4O[C@@H]3C)C2)no1. The first-order valence-electron chi connectivity index (χ1n) is 8.63. The molecule has 1 fully saturated rings. The van der Waals surface area contributed by atoms with Gasteiger partial charge in [0.05, 0.1) is 0 Å². The van der Waals surface area contributed by atoms with Gasteiger partial charge in [-0.1, -0.05) is 17.3 Å². The summed E-state index contributed by atoms with van der Waals surface area (Å²) in [5.41, 5.74) is 0. The fourth-order valence-electron chi connectivity index (χ4n) is 3.44. The van der Waals surface area contributed by atoms with Crippen molar-refractivity contribution in [2.45, 2.75) is 44.8 Å². The van der Waals surface area contributed by atoms with Gasteiger partial charge in [0, 0.05) is 25.9 Å². The molecule has 1 aromatic carbocycles. The molecule has 0 saturated carbocycles. The molecule has 4 rings (SSSR count). The number of fused-ring (bicyclic) bond motifs is 1. The van der Waals surface area contributed by atoms with Gasteiger partial charge in [-0.15, -0.1) is 0 Å². The Morgan fingerprint density at radius 1 is 1.24 bits per heavy atom. The van der Waals surface area contributed by atoms with E-state index < -0.39 is 6.10 Å². The minimum absolute atomic E-state index is 0.0491. The lowest BCUT2D eigenvalue weighted by molar-refractivity contribution is -0.145. The molecule has 2 aliphatic rings. The van der Waals surface area contributed by atoms with Gasteiger partial charge in [0.25, 0.3) is 5.91 Å². The Hall–Kier alpha value is -2.57. The van der Waals surface area contributed by atoms with E-state index in [1.54, 1.807) is 6.92 Å². The second-order valence-corrected chi connectivity index (χ2v) is 6.60. The topological polar surface area (TPSA) is 77.7 Å². The van der Waals surface area contributed by atoms with E-state index >= 15 is 0 Å². The maximum absolute atomic E-state index is 13.0. The van der Waals surface area contributed by atoms with Gasteiger partial charge in [-0.3, -0.25) is 4.79 Å². The van der Waals surface area contributed by atoms with E-state index in [0.29, 0.717) is 36.3 Å². The average Bonchev–Trinajstić information content (AvgIpc) is 3.07. The molecule has 3 heterocycles. The van der Waals surface area contributed by atoms with Crippen LogP contribution >= 0.6 is 0 Å². The van der Waals surface area contributed by atoms with Crippen molar-refractivity contribution in [3.8, 4) is 11.5 Å². The van der Waals surface area contributed by atoms with Crippen molar-refractivity contribution in [1.82, 2.24) is 15.0 Å². The van der Waals surface area contributed by atoms with E-state index in [9.17, 15) is 4.79 Å². The van der Waals surface area contributed by atoms with Gasteiger partial charge < -0.3 is 18.9 Å². The lowest BCUT2D eigenvalue weighted by Gasteiger charge is -2.37. The van der Waals surface area contributed by atoms with Crippen LogP contribution in [0.5, 0.6) is 11.5 Å². The number of aryl methyl sites for hydroxylation is 1. The Kier molecular flexibility index (Phi) is 4.07. The van der Waals surface area contributed by atoms with E-state index in [4.69, 9.17) is 14.0 Å². The van der Waals surface area contributed by atoms with Crippen LogP contribution in [0.25, 0.3) is 0 Å². The molecule has 2 aromatic rings. The van der Waals surface area contributed by atoms with E-state index in [2.05, 4.69) is 10.1 Å². The summed E-state index contributed by atoms with van der Waals surface area (Å²) >= 11 is 0. The van der Waals surface area contributed by atoms with Gasteiger partial charge in [0.1, 0.15) is 6.10 Å². The van der Waals surface area contributed by atoms with Crippen LogP contribution < -0.4 is 9.47 Å². The Morgan fingerprint density at radius 3 is 2.72 bits per heavy atom. The predicted octanol–water partition coefficient (Wildman–Crippen LogP) is 2.31. The summed E-state index contributed by atoms with van der Waals surface area (Å²) in [5.74, 6) is 2.57. The molecule has 7 heteroatoms. The van der Waals surface area contributed by atoms with Gasteiger partial charge in [-0.2, -0.15) is 4.98 Å². The molecule has 1 saturated heterocycles. The van der Waals surface area contributed by atoms with E-state index in [-0.39, 0.29) is 17.9 Å². The summed E-state index contributed by atoms with van der Waals surface area (Å²) in [6, 6.07) is 7.43. The molecule has 1 aromatic heterocycles. The lowest BCUT2D eigenvalue weighted by Crippen LogP contribution is -2.52. The number of para-hydroxylation sites is 2. The highest BCUT2D eigenvalue weighted by molar-refractivity contribution is 5.82. The molecule has 0 unspecified atom stereocenters. The largest absolute Gasteiger partial charge is 0.482 e. The van der Waals surface area contributed by atoms with Gasteiger partial charge >= 0.3 is 0 Å². The fraction of sp³-hybridized carbons (Fsp3) is 0.500. The van der Waals surface area contributed by atoms with Crippen LogP contribution in [0.4, 0.5) is 0 Å². The number of nitrogens with zero attached hydrogens (tertiary/aromatic N) is 3. The van der Waals surface area contributed by atoms with E-state index in [0.717, 1.165) is 12.8 Å². The Labute approximate surface area is 145 Å². The molecular formula is C18H21N3O4. The minimum Gasteiger partial charge on any atom is -0.482 e. The number of benzene rings is 1. The number of hydrogen-bond donors (Lipinski definition) is 0. The van der Waals surface area contributed by atoms with Gasteiger partial charge in [-0.25, -0.2) is 0 Å². The summed E-state index contributed by atoms with van der Waals surface area (Å²) in [7, 11) is 0. The van der Waals surface area contributed by atoms with Gasteiger partial charge in [0.2, 0.25) is 12.0 Å². The highest BCUT2D eigenvalue weighted by Crippen LogP contribution is 2.34. The number of piperidine rings is 1. The third kappa shape index (κ3) is 3.06. The van der Waals surface area contributed by atoms with Crippen LogP contribution in [0.2, 0.25) is 0 Å². The zero-order valence-corrected chi connectivity index (χ0v) is 14.3. The summed E-state index contributed by atoms with van der Waals surface area (Å²) < 4.78 is 16.9. The maximum Gasteiger partial charge on any atom is 0.267 e. The molecule has 7 nitrogen and oxygen atoms in total. The normalized spacial score (nSPS) is 25.7. The van der Waals surface area contributed by atoms with Crippen LogP contribution in [0.15, 0.2) is 28.8 Å². The van der Waals surface area contributed by atoms with Crippen molar-refractivity contribution >= 4 is 5.91 Å². The number of hydrogen-bond acceptors (Lipinski definition) is 6. The molecule has 0 aliphatic carbocycles. The zero-order valence-electron chi connectivity index (χ0n) is 14.3. The summed E-state index contributed by atoms with van der Waals surface area (Å²) in [5, 5.41) is 4.01. The highest BCUT2D eigenvalue weighted by atomic mass is 16.6. The molecule has 25 heavy (non-hydrogen) atoms. The molecule has 1 amide bonds. The van der Waals surface area contributed by atoms with Crippen molar-refractivity contribution < 1.29 is 18.8 Å². The quantitative estimate of drug-likeness (QED) is 0.833. The van der Waals surface area contributed by atoms with Crippen LogP contribution in [-0.2, 0) is 4.79 Å². The number of aromatic nitrogens is 2. The van der Waals surface area contributed by atoms with E-state index in [1.165, 1.54) is 0 Å². The molecule has 0 radical (unpaired) electrons. The fourth-order valence-corrected chi connectivity index (χ4v) is 3.44. The first-order valence-corrected chi connectivity index (χ1v) is 8.63. The second-order valence-electron chi connectivity index (χ2n) is 6.60. The van der Waals surface area contributed by atoms with E-state index in [1.807, 2.05) is 36.1 Å². The van der Waals surface area contributed by atoms with Crippen molar-refractivity contribution in [3.05, 3.63) is 36.0 Å². The van der Waals surface area contributed by atoms with Gasteiger partial charge in [0.15, 0.2) is 17.3 Å². The zero-order chi connectivity index (χ0) is 17.4. The van der Waals surface area contributed by atoms with Crippen molar-refractivity contribution in [1.29, 1.82) is 0 Å². The standard InChI is InChI=1S/C18H21N3O4/c1-11-16(24-15-8-4-3-7-14(15)23-11)18(22)21-9-5-6-13(10-21)17-19-12(2)25-20-17/h3-4,7-8,11,13,16H,5-6,9-10H2,1-2H3/t11-,13-,16-/m1/s1. The Bertz CT molecular complexity index is 775. The monoisotopic (exact) mass is 343 g/mol. The number of likely N-dealkylation sites (tertiary alicyclic amines) is 1. The first-order chi connectivity index (χ1) is 12.1. The van der Waals surface area contributed by atoms with Crippen LogP contribution in [-0.4, -0.2) is 46.2 Å². The number of carbonyl (C=O) groups excluding carboxylic acids is 1. The van der Waals surface area contributed by atoms with Crippen molar-refractivity contribution in [2.75, 3.05) is 13.1 Å². The smallest absolute Gasteiger partial charge is 0.267 e. The highest BCUT2D eigenvalue weighted by Gasteiger charge is 2.38. The van der Waals surface area contributed by atoms with Crippen molar-refractivity contribution in [3.63, 3.8) is 0 Å². The number of carbonyl (C=O) groups is 1. The van der Waals surface area contributed by atoms with Crippen LogP contribution in [0.1, 0.15) is 37.4 Å². The number of rotatable bonds is 2. The third-order valence-electron chi connectivity index (χ3n) is 4.73. The molecule has 0 bridgehead atoms. The number of ether oxygens (including phenoxy) is 2. The number of amides is 1. The molecule has 0 spiro atoms. The Balaban J connectivity index is 1.49. The summed E-state index contributed by atoms with van der Waals surface area (Å²) in [4.78, 5) is 19.2. The Morgan fingerprint density at radius 2 is 2.00 bits per heavy atom. The van der Waals surface area contributed by atoms with Crippen LogP contribution in [0, 0.1) is 6.92 Å². The first kappa shape index (κ1) is 15.9. The molecule has 2 aliphatic heterocycles. The molecule has 3 atom stereocenters. The lowest BCUT2D eigenvalue weighted by atomic mass is 9.96. The molecule has 0 N–H and O–H groups in total. The van der Waals surface area contributed by atoms with Crippen molar-refractivity contribution in [2.24, 2.45) is 0 Å². The minimum atomic E-state index is -0.638. The predicted molar refractivity (Wildman–Crippen MR) is 88.5 cm³/mol. The molecular weight excluding hydrogens is 322 g/mol. The maximum atomic E-state index is 13.0. The second kappa shape index (κ2) is 6.38. The summed E-state index contributed by atoms with van der Waals surface area (Å²) in [6.07, 6.45) is 0.877. The molecule has 132 valence electrons. The third-order valence-corrected chi connectivity index (χ3v) is 4.73.